The van der Waals surface area contributed by atoms with Gasteiger partial charge in [0.2, 0.25) is 10.0 Å². The van der Waals surface area contributed by atoms with E-state index in [0.29, 0.717) is 17.8 Å². The van der Waals surface area contributed by atoms with Crippen molar-refractivity contribution in [3.63, 3.8) is 0 Å². The van der Waals surface area contributed by atoms with Gasteiger partial charge in [-0.2, -0.15) is 0 Å². The normalized spacial score (nSPS) is 14.4. The Morgan fingerprint density at radius 2 is 1.46 bits per heavy atom. The summed E-state index contributed by atoms with van der Waals surface area (Å²) in [4.78, 5) is 15.1. The van der Waals surface area contributed by atoms with Gasteiger partial charge in [0.1, 0.15) is 0 Å². The molecule has 1 amide bonds. The Balaban J connectivity index is 1.35. The molecule has 0 saturated carbocycles. The van der Waals surface area contributed by atoms with Gasteiger partial charge >= 0.3 is 0 Å². The van der Waals surface area contributed by atoms with Gasteiger partial charge in [0.25, 0.3) is 5.91 Å². The van der Waals surface area contributed by atoms with Gasteiger partial charge in [-0.05, 0) is 53.8 Å². The van der Waals surface area contributed by atoms with E-state index in [-0.39, 0.29) is 12.5 Å². The van der Waals surface area contributed by atoms with Gasteiger partial charge in [0, 0.05) is 31.7 Å². The first-order chi connectivity index (χ1) is 17.7. The zero-order valence-electron chi connectivity index (χ0n) is 21.7. The van der Waals surface area contributed by atoms with Crippen LogP contribution in [0.2, 0.25) is 0 Å². The third kappa shape index (κ3) is 7.19. The van der Waals surface area contributed by atoms with E-state index in [1.165, 1.54) is 16.1 Å². The van der Waals surface area contributed by atoms with Crippen molar-refractivity contribution in [2.24, 2.45) is 0 Å². The number of para-hydroxylation sites is 1. The molecule has 1 N–H and O–H groups in total. The highest BCUT2D eigenvalue weighted by molar-refractivity contribution is 7.92. The second-order valence-corrected chi connectivity index (χ2v) is 11.5. The zero-order chi connectivity index (χ0) is 26.4. The molecule has 0 radical (unpaired) electrons. The number of morpholine rings is 1. The summed E-state index contributed by atoms with van der Waals surface area (Å²) in [6.07, 6.45) is 1.22. The van der Waals surface area contributed by atoms with Gasteiger partial charge in [-0.3, -0.25) is 14.0 Å². The maximum atomic E-state index is 12.7. The second-order valence-electron chi connectivity index (χ2n) is 9.59. The number of carbonyl (C=O) groups is 1. The molecule has 0 spiro atoms. The lowest BCUT2D eigenvalue weighted by atomic mass is 10.1. The molecule has 0 aromatic heterocycles. The molecule has 3 aromatic rings. The van der Waals surface area contributed by atoms with Crippen molar-refractivity contribution in [1.82, 2.24) is 10.2 Å². The van der Waals surface area contributed by atoms with E-state index in [2.05, 4.69) is 22.3 Å². The van der Waals surface area contributed by atoms with Crippen LogP contribution in [-0.2, 0) is 34.4 Å². The number of ether oxygens (including phenoxy) is 1. The molecular formula is C29H35N3O4S. The average molecular weight is 522 g/mol. The number of rotatable bonds is 9. The first kappa shape index (κ1) is 26.9. The van der Waals surface area contributed by atoms with Crippen LogP contribution in [0.5, 0.6) is 0 Å². The monoisotopic (exact) mass is 521 g/mol. The van der Waals surface area contributed by atoms with Crippen LogP contribution in [0.25, 0.3) is 0 Å². The molecule has 1 aliphatic heterocycles. The molecule has 0 atom stereocenters. The van der Waals surface area contributed by atoms with Crippen LogP contribution in [0.15, 0.2) is 66.7 Å². The van der Waals surface area contributed by atoms with Gasteiger partial charge in [-0.15, -0.1) is 0 Å². The first-order valence-corrected chi connectivity index (χ1v) is 14.3. The van der Waals surface area contributed by atoms with Gasteiger partial charge in [0.15, 0.2) is 0 Å². The highest BCUT2D eigenvalue weighted by Gasteiger charge is 2.21. The molecule has 0 aliphatic carbocycles. The minimum absolute atomic E-state index is 0.168. The fraction of sp³-hybridized carbons (Fsp3) is 0.345. The fourth-order valence-electron chi connectivity index (χ4n) is 4.55. The van der Waals surface area contributed by atoms with Crippen LogP contribution in [-0.4, -0.2) is 51.8 Å². The number of anilines is 1. The SMILES string of the molecule is Cc1cccc(C)c1N(Cc1ccc(C(=O)NCc2ccc(CN3CCOCC3)cc2)cc1)S(C)(=O)=O. The molecule has 3 aromatic carbocycles. The summed E-state index contributed by atoms with van der Waals surface area (Å²) in [5.41, 5.74) is 6.12. The summed E-state index contributed by atoms with van der Waals surface area (Å²) in [5, 5.41) is 2.97. The molecule has 4 rings (SSSR count). The van der Waals surface area contributed by atoms with E-state index in [1.54, 1.807) is 24.3 Å². The number of hydrogen-bond donors (Lipinski definition) is 1. The Morgan fingerprint density at radius 3 is 2.05 bits per heavy atom. The number of benzene rings is 3. The predicted molar refractivity (Wildman–Crippen MR) is 147 cm³/mol. The van der Waals surface area contributed by atoms with Gasteiger partial charge < -0.3 is 10.1 Å². The second kappa shape index (κ2) is 11.9. The summed E-state index contributed by atoms with van der Waals surface area (Å²) < 4.78 is 32.1. The van der Waals surface area contributed by atoms with Gasteiger partial charge in [-0.1, -0.05) is 54.6 Å². The van der Waals surface area contributed by atoms with Crippen LogP contribution < -0.4 is 9.62 Å². The van der Waals surface area contributed by atoms with Crippen LogP contribution in [0.1, 0.15) is 38.2 Å². The standard InChI is InChI=1S/C29H35N3O4S/c1-22-5-4-6-23(2)28(22)32(37(3,34)35)21-26-11-13-27(14-12-26)29(33)30-19-24-7-9-25(10-8-24)20-31-15-17-36-18-16-31/h4-14H,15-21H2,1-3H3,(H,30,33). The molecule has 1 saturated heterocycles. The molecule has 8 heteroatoms. The van der Waals surface area contributed by atoms with Crippen LogP contribution in [0.3, 0.4) is 0 Å². The minimum Gasteiger partial charge on any atom is -0.379 e. The lowest BCUT2D eigenvalue weighted by molar-refractivity contribution is 0.0342. The van der Waals surface area contributed by atoms with Crippen LogP contribution >= 0.6 is 0 Å². The van der Waals surface area contributed by atoms with Crippen molar-refractivity contribution >= 4 is 21.6 Å². The van der Waals surface area contributed by atoms with E-state index in [4.69, 9.17) is 4.74 Å². The topological polar surface area (TPSA) is 79.0 Å². The molecule has 0 unspecified atom stereocenters. The maximum Gasteiger partial charge on any atom is 0.251 e. The van der Waals surface area contributed by atoms with E-state index >= 15 is 0 Å². The molecular weight excluding hydrogens is 486 g/mol. The summed E-state index contributed by atoms with van der Waals surface area (Å²) in [7, 11) is -3.49. The van der Waals surface area contributed by atoms with Gasteiger partial charge in [-0.25, -0.2) is 8.42 Å². The van der Waals surface area contributed by atoms with E-state index < -0.39 is 10.0 Å². The number of nitrogens with zero attached hydrogens (tertiary/aromatic N) is 2. The van der Waals surface area contributed by atoms with Crippen molar-refractivity contribution < 1.29 is 17.9 Å². The third-order valence-electron chi connectivity index (χ3n) is 6.62. The lowest BCUT2D eigenvalue weighted by Crippen LogP contribution is -2.35. The molecule has 7 nitrogen and oxygen atoms in total. The first-order valence-electron chi connectivity index (χ1n) is 12.5. The zero-order valence-corrected chi connectivity index (χ0v) is 22.6. The number of hydrogen-bond acceptors (Lipinski definition) is 5. The summed E-state index contributed by atoms with van der Waals surface area (Å²) in [6, 6.07) is 21.1. The Labute approximate surface area is 220 Å². The van der Waals surface area contributed by atoms with Crippen molar-refractivity contribution in [2.45, 2.75) is 33.5 Å². The fourth-order valence-corrected chi connectivity index (χ4v) is 5.56. The third-order valence-corrected chi connectivity index (χ3v) is 7.73. The molecule has 196 valence electrons. The van der Waals surface area contributed by atoms with Crippen molar-refractivity contribution in [3.8, 4) is 0 Å². The number of amides is 1. The summed E-state index contributed by atoms with van der Waals surface area (Å²) >= 11 is 0. The van der Waals surface area contributed by atoms with Crippen LogP contribution in [0.4, 0.5) is 5.69 Å². The minimum atomic E-state index is -3.49. The lowest BCUT2D eigenvalue weighted by Gasteiger charge is -2.26. The molecule has 0 bridgehead atoms. The molecule has 1 fully saturated rings. The van der Waals surface area contributed by atoms with Crippen LogP contribution in [0, 0.1) is 13.8 Å². The molecule has 1 aliphatic rings. The Hall–Kier alpha value is -3.20. The average Bonchev–Trinajstić information content (AvgIpc) is 2.88. The smallest absolute Gasteiger partial charge is 0.251 e. The largest absolute Gasteiger partial charge is 0.379 e. The van der Waals surface area contributed by atoms with Gasteiger partial charge in [0.05, 0.1) is 31.7 Å². The maximum absolute atomic E-state index is 12.7. The highest BCUT2D eigenvalue weighted by atomic mass is 32.2. The Kier molecular flexibility index (Phi) is 8.63. The van der Waals surface area contributed by atoms with Crippen molar-refractivity contribution in [3.05, 3.63) is 100 Å². The van der Waals surface area contributed by atoms with Crippen molar-refractivity contribution in [1.29, 1.82) is 0 Å². The van der Waals surface area contributed by atoms with E-state index in [1.807, 2.05) is 44.2 Å². The number of carbonyl (C=O) groups excluding carboxylic acids is 1. The Bertz CT molecular complexity index is 1300. The van der Waals surface area contributed by atoms with E-state index in [9.17, 15) is 13.2 Å². The van der Waals surface area contributed by atoms with E-state index in [0.717, 1.165) is 55.1 Å². The highest BCUT2D eigenvalue weighted by Crippen LogP contribution is 2.28. The summed E-state index contributed by atoms with van der Waals surface area (Å²) in [5.74, 6) is -0.168. The Morgan fingerprint density at radius 1 is 0.892 bits per heavy atom. The number of sulfonamides is 1. The quantitative estimate of drug-likeness (QED) is 0.460. The predicted octanol–water partition coefficient (Wildman–Crippen LogP) is 4.03. The summed E-state index contributed by atoms with van der Waals surface area (Å²) in [6.45, 7) is 8.83. The number of aryl methyl sites for hydroxylation is 2. The molecule has 37 heavy (non-hydrogen) atoms. The van der Waals surface area contributed by atoms with Crippen molar-refractivity contribution in [2.75, 3.05) is 36.9 Å². The molecule has 1 heterocycles. The number of nitrogens with one attached hydrogen (secondary N) is 1.